The van der Waals surface area contributed by atoms with Crippen molar-refractivity contribution in [2.45, 2.75) is 12.5 Å². The smallest absolute Gasteiger partial charge is 0.227 e. The third-order valence-corrected chi connectivity index (χ3v) is 6.37. The lowest BCUT2D eigenvalue weighted by atomic mass is 10.2. The highest BCUT2D eigenvalue weighted by molar-refractivity contribution is 6.32. The van der Waals surface area contributed by atoms with Gasteiger partial charge in [0.05, 0.1) is 35.9 Å². The molecule has 0 aliphatic carbocycles. The number of hydrogen-bond donors (Lipinski definition) is 1. The summed E-state index contributed by atoms with van der Waals surface area (Å²) in [7, 11) is 5.94. The Morgan fingerprint density at radius 2 is 2.03 bits per heavy atom. The standard InChI is InChI=1S/C24H26ClN7O/c1-30(2)17-9-11-31(15-17)16-7-8-19(21(12-16)33-3)28-24-27-13-18(25)23(29-24)20-14-26-22-6-4-5-10-32(20)22/h4-8,10,12-14,17H,9,11,15H2,1-3H3,(H,27,28,29)/t17-/m1/s1. The van der Waals surface area contributed by atoms with Gasteiger partial charge >= 0.3 is 0 Å². The molecule has 5 rings (SSSR count). The van der Waals surface area contributed by atoms with Gasteiger partial charge in [-0.1, -0.05) is 17.7 Å². The first-order valence-corrected chi connectivity index (χ1v) is 11.2. The lowest BCUT2D eigenvalue weighted by molar-refractivity contribution is 0.315. The van der Waals surface area contributed by atoms with E-state index < -0.39 is 0 Å². The molecule has 1 aromatic carbocycles. The van der Waals surface area contributed by atoms with Crippen LogP contribution in [-0.2, 0) is 0 Å². The first kappa shape index (κ1) is 21.5. The van der Waals surface area contributed by atoms with Crippen LogP contribution in [0, 0.1) is 0 Å². The summed E-state index contributed by atoms with van der Waals surface area (Å²) in [4.78, 5) is 18.2. The van der Waals surface area contributed by atoms with Gasteiger partial charge in [-0.3, -0.25) is 4.40 Å². The fourth-order valence-corrected chi connectivity index (χ4v) is 4.40. The van der Waals surface area contributed by atoms with Crippen LogP contribution in [-0.4, -0.2) is 64.6 Å². The van der Waals surface area contributed by atoms with Gasteiger partial charge in [0.15, 0.2) is 0 Å². The minimum atomic E-state index is 0.431. The van der Waals surface area contributed by atoms with Crippen LogP contribution in [0.1, 0.15) is 6.42 Å². The summed E-state index contributed by atoms with van der Waals surface area (Å²) in [6, 6.07) is 12.5. The lowest BCUT2D eigenvalue weighted by Gasteiger charge is -2.23. The third kappa shape index (κ3) is 4.19. The second-order valence-corrected chi connectivity index (χ2v) is 8.73. The minimum Gasteiger partial charge on any atom is -0.494 e. The molecule has 0 spiro atoms. The zero-order valence-corrected chi connectivity index (χ0v) is 19.6. The maximum atomic E-state index is 6.45. The van der Waals surface area contributed by atoms with Crippen LogP contribution in [0.4, 0.5) is 17.3 Å². The van der Waals surface area contributed by atoms with Crippen molar-refractivity contribution >= 4 is 34.6 Å². The first-order valence-electron chi connectivity index (χ1n) is 10.8. The molecule has 170 valence electrons. The van der Waals surface area contributed by atoms with Crippen molar-refractivity contribution in [3.63, 3.8) is 0 Å². The van der Waals surface area contributed by atoms with E-state index in [-0.39, 0.29) is 0 Å². The minimum absolute atomic E-state index is 0.431. The highest BCUT2D eigenvalue weighted by atomic mass is 35.5. The zero-order chi connectivity index (χ0) is 22.9. The molecule has 1 aliphatic rings. The average molecular weight is 464 g/mol. The number of fused-ring (bicyclic) bond motifs is 1. The zero-order valence-electron chi connectivity index (χ0n) is 18.9. The van der Waals surface area contributed by atoms with E-state index in [9.17, 15) is 0 Å². The molecule has 1 atom stereocenters. The molecule has 1 N–H and O–H groups in total. The quantitative estimate of drug-likeness (QED) is 0.456. The number of nitrogens with one attached hydrogen (secondary N) is 1. The summed E-state index contributed by atoms with van der Waals surface area (Å²) in [5.74, 6) is 1.16. The molecule has 0 saturated carbocycles. The number of halogens is 1. The van der Waals surface area contributed by atoms with Crippen molar-refractivity contribution < 1.29 is 4.74 Å². The first-order chi connectivity index (χ1) is 16.0. The van der Waals surface area contributed by atoms with Crippen molar-refractivity contribution in [3.05, 3.63) is 60.0 Å². The fourth-order valence-electron chi connectivity index (χ4n) is 4.21. The van der Waals surface area contributed by atoms with Crippen molar-refractivity contribution in [1.82, 2.24) is 24.3 Å². The molecule has 0 radical (unpaired) electrons. The molecular formula is C24H26ClN7O. The van der Waals surface area contributed by atoms with Crippen LogP contribution in [0.5, 0.6) is 5.75 Å². The van der Waals surface area contributed by atoms with E-state index >= 15 is 0 Å². The summed E-state index contributed by atoms with van der Waals surface area (Å²) in [5.41, 5.74) is 4.16. The van der Waals surface area contributed by atoms with Gasteiger partial charge in [0.2, 0.25) is 5.95 Å². The Hall–Kier alpha value is -3.36. The Labute approximate surface area is 197 Å². The van der Waals surface area contributed by atoms with E-state index in [1.165, 1.54) is 0 Å². The number of anilines is 3. The van der Waals surface area contributed by atoms with Crippen LogP contribution in [0.3, 0.4) is 0 Å². The van der Waals surface area contributed by atoms with Gasteiger partial charge in [-0.25, -0.2) is 15.0 Å². The summed E-state index contributed by atoms with van der Waals surface area (Å²) in [6.45, 7) is 2.04. The number of imidazole rings is 1. The van der Waals surface area contributed by atoms with Gasteiger partial charge in [-0.05, 0) is 44.8 Å². The van der Waals surface area contributed by atoms with Crippen LogP contribution in [0.2, 0.25) is 5.02 Å². The molecular weight excluding hydrogens is 438 g/mol. The highest BCUT2D eigenvalue weighted by Gasteiger charge is 2.24. The van der Waals surface area contributed by atoms with Crippen molar-refractivity contribution in [3.8, 4) is 17.1 Å². The van der Waals surface area contributed by atoms with Gasteiger partial charge in [0.25, 0.3) is 0 Å². The van der Waals surface area contributed by atoms with E-state index in [2.05, 4.69) is 56.3 Å². The SMILES string of the molecule is COc1cc(N2CC[C@@H](N(C)C)C2)ccc1Nc1ncc(Cl)c(-c2cnc3ccccn23)n1. The molecule has 4 aromatic rings. The largest absolute Gasteiger partial charge is 0.494 e. The third-order valence-electron chi connectivity index (χ3n) is 6.09. The molecule has 3 aromatic heterocycles. The second kappa shape index (κ2) is 8.88. The Bertz CT molecular complexity index is 1290. The Balaban J connectivity index is 1.42. The van der Waals surface area contributed by atoms with Gasteiger partial charge in [-0.15, -0.1) is 0 Å². The number of likely N-dealkylation sites (N-methyl/N-ethyl adjacent to an activating group) is 1. The van der Waals surface area contributed by atoms with Gasteiger partial charge in [-0.2, -0.15) is 0 Å². The van der Waals surface area contributed by atoms with Crippen LogP contribution in [0.15, 0.2) is 55.0 Å². The van der Waals surface area contributed by atoms with Crippen LogP contribution in [0.25, 0.3) is 17.0 Å². The molecule has 0 unspecified atom stereocenters. The van der Waals surface area contributed by atoms with E-state index in [4.69, 9.17) is 16.3 Å². The number of nitrogens with zero attached hydrogens (tertiary/aromatic N) is 6. The monoisotopic (exact) mass is 463 g/mol. The maximum absolute atomic E-state index is 6.45. The topological polar surface area (TPSA) is 70.8 Å². The number of rotatable bonds is 6. The van der Waals surface area contributed by atoms with Gasteiger partial charge in [0.1, 0.15) is 17.1 Å². The molecule has 9 heteroatoms. The van der Waals surface area contributed by atoms with Crippen molar-refractivity contribution in [2.24, 2.45) is 0 Å². The summed E-state index contributed by atoms with van der Waals surface area (Å²) in [6.07, 6.45) is 6.45. The van der Waals surface area contributed by atoms with Gasteiger partial charge in [0, 0.05) is 37.1 Å². The Morgan fingerprint density at radius 1 is 1.15 bits per heavy atom. The molecule has 1 fully saturated rings. The molecule has 33 heavy (non-hydrogen) atoms. The van der Waals surface area contributed by atoms with E-state index in [0.717, 1.165) is 48.0 Å². The number of ether oxygens (including phenoxy) is 1. The molecule has 4 heterocycles. The van der Waals surface area contributed by atoms with Gasteiger partial charge < -0.3 is 19.9 Å². The normalized spacial score (nSPS) is 16.0. The van der Waals surface area contributed by atoms with Crippen LogP contribution >= 0.6 is 11.6 Å². The van der Waals surface area contributed by atoms with Crippen molar-refractivity contribution in [2.75, 3.05) is 44.5 Å². The summed E-state index contributed by atoms with van der Waals surface area (Å²) >= 11 is 6.45. The Kier molecular flexibility index (Phi) is 5.78. The molecule has 1 aliphatic heterocycles. The maximum Gasteiger partial charge on any atom is 0.227 e. The molecule has 0 amide bonds. The lowest BCUT2D eigenvalue weighted by Crippen LogP contribution is -2.31. The Morgan fingerprint density at radius 3 is 2.82 bits per heavy atom. The van der Waals surface area contributed by atoms with Crippen molar-refractivity contribution in [1.29, 1.82) is 0 Å². The predicted molar refractivity (Wildman–Crippen MR) is 132 cm³/mol. The fraction of sp³-hybridized carbons (Fsp3) is 0.292. The van der Waals surface area contributed by atoms with E-state index in [0.29, 0.717) is 22.7 Å². The number of aromatic nitrogens is 4. The average Bonchev–Trinajstić information content (AvgIpc) is 3.48. The molecule has 0 bridgehead atoms. The number of pyridine rings is 1. The van der Waals surface area contributed by atoms with E-state index in [1.807, 2.05) is 34.9 Å². The number of benzene rings is 1. The predicted octanol–water partition coefficient (Wildman–Crippen LogP) is 4.34. The van der Waals surface area contributed by atoms with Crippen LogP contribution < -0.4 is 15.0 Å². The van der Waals surface area contributed by atoms with E-state index in [1.54, 1.807) is 19.5 Å². The molecule has 8 nitrogen and oxygen atoms in total. The molecule has 1 saturated heterocycles. The number of hydrogen-bond acceptors (Lipinski definition) is 7. The second-order valence-electron chi connectivity index (χ2n) is 8.32. The summed E-state index contributed by atoms with van der Waals surface area (Å²) in [5, 5.41) is 3.74. The summed E-state index contributed by atoms with van der Waals surface area (Å²) < 4.78 is 7.63. The highest BCUT2D eigenvalue weighted by Crippen LogP contribution is 2.34. The number of methoxy groups -OCH3 is 1.